The van der Waals surface area contributed by atoms with Crippen LogP contribution in [0.1, 0.15) is 52.1 Å². The Kier molecular flexibility index (Phi) is 4.50. The molecule has 1 aliphatic carbocycles. The second-order valence-corrected chi connectivity index (χ2v) is 6.76. The van der Waals surface area contributed by atoms with E-state index < -0.39 is 0 Å². The molecule has 0 unspecified atom stereocenters. The molecule has 0 aliphatic heterocycles. The number of anilines is 1. The van der Waals surface area contributed by atoms with Crippen molar-refractivity contribution in [2.75, 3.05) is 18.5 Å². The van der Waals surface area contributed by atoms with Crippen molar-refractivity contribution in [2.45, 2.75) is 58.5 Å². The molecule has 19 heavy (non-hydrogen) atoms. The fraction of sp³-hybridized carbons (Fsp3) is 0.800. The Morgan fingerprint density at radius 3 is 2.68 bits per heavy atom. The number of aromatic nitrogens is 1. The normalized spacial score (nSPS) is 17.1. The van der Waals surface area contributed by atoms with Gasteiger partial charge < -0.3 is 14.6 Å². The van der Waals surface area contributed by atoms with E-state index in [1.807, 2.05) is 0 Å². The number of hydrogen-bond acceptors (Lipinski definition) is 4. The van der Waals surface area contributed by atoms with Crippen LogP contribution in [0.2, 0.25) is 0 Å². The smallest absolute Gasteiger partial charge is 0.297 e. The van der Waals surface area contributed by atoms with Crippen molar-refractivity contribution in [3.05, 3.63) is 12.0 Å². The molecule has 0 saturated heterocycles. The topological polar surface area (TPSA) is 41.3 Å². The zero-order chi connectivity index (χ0) is 13.9. The number of rotatable bonds is 5. The predicted octanol–water partition coefficient (Wildman–Crippen LogP) is 3.19. The molecular formula is C15H27N3O. The Hall–Kier alpha value is -1.03. The van der Waals surface area contributed by atoms with Crippen molar-refractivity contribution in [2.24, 2.45) is 5.92 Å². The van der Waals surface area contributed by atoms with Gasteiger partial charge in [0.25, 0.3) is 6.01 Å². The minimum atomic E-state index is 0.106. The number of hydrogen-bond donors (Lipinski definition) is 1. The number of nitrogens with one attached hydrogen (secondary N) is 1. The van der Waals surface area contributed by atoms with E-state index in [0.29, 0.717) is 0 Å². The lowest BCUT2D eigenvalue weighted by Gasteiger charge is -2.19. The van der Waals surface area contributed by atoms with Crippen LogP contribution in [0.15, 0.2) is 10.7 Å². The molecule has 0 radical (unpaired) electrons. The highest BCUT2D eigenvalue weighted by atomic mass is 16.4. The molecule has 0 spiro atoms. The van der Waals surface area contributed by atoms with Gasteiger partial charge in [-0.2, -0.15) is 4.98 Å². The highest BCUT2D eigenvalue weighted by Gasteiger charge is 2.19. The zero-order valence-electron chi connectivity index (χ0n) is 12.7. The fourth-order valence-electron chi connectivity index (χ4n) is 2.57. The van der Waals surface area contributed by atoms with Crippen LogP contribution in [0, 0.1) is 5.92 Å². The molecule has 0 bridgehead atoms. The summed E-state index contributed by atoms with van der Waals surface area (Å²) in [6.45, 7) is 8.28. The van der Waals surface area contributed by atoms with Gasteiger partial charge in [0.1, 0.15) is 6.26 Å². The third-order valence-corrected chi connectivity index (χ3v) is 3.67. The first kappa shape index (κ1) is 14.4. The van der Waals surface area contributed by atoms with Crippen LogP contribution in [-0.2, 0) is 6.54 Å². The van der Waals surface area contributed by atoms with Crippen LogP contribution in [-0.4, -0.2) is 24.1 Å². The van der Waals surface area contributed by atoms with E-state index in [1.54, 1.807) is 6.26 Å². The van der Waals surface area contributed by atoms with Crippen LogP contribution in [0.25, 0.3) is 0 Å². The van der Waals surface area contributed by atoms with E-state index in [4.69, 9.17) is 4.42 Å². The van der Waals surface area contributed by atoms with Gasteiger partial charge in [-0.1, -0.05) is 12.8 Å². The predicted molar refractivity (Wildman–Crippen MR) is 78.3 cm³/mol. The maximum atomic E-state index is 5.58. The first-order valence-electron chi connectivity index (χ1n) is 7.34. The Balaban J connectivity index is 1.85. The third-order valence-electron chi connectivity index (χ3n) is 3.67. The minimum Gasteiger partial charge on any atom is -0.432 e. The summed E-state index contributed by atoms with van der Waals surface area (Å²) < 4.78 is 5.58. The summed E-state index contributed by atoms with van der Waals surface area (Å²) in [6.07, 6.45) is 7.22. The highest BCUT2D eigenvalue weighted by Crippen LogP contribution is 2.26. The van der Waals surface area contributed by atoms with Gasteiger partial charge in [-0.15, -0.1) is 0 Å². The van der Waals surface area contributed by atoms with E-state index in [9.17, 15) is 0 Å². The van der Waals surface area contributed by atoms with Gasteiger partial charge in [-0.3, -0.25) is 0 Å². The molecule has 4 heteroatoms. The summed E-state index contributed by atoms with van der Waals surface area (Å²) in [5, 5.41) is 3.42. The fourth-order valence-corrected chi connectivity index (χ4v) is 2.57. The van der Waals surface area contributed by atoms with E-state index in [-0.39, 0.29) is 5.54 Å². The average Bonchev–Trinajstić information content (AvgIpc) is 2.95. The van der Waals surface area contributed by atoms with Crippen LogP contribution < -0.4 is 10.2 Å². The van der Waals surface area contributed by atoms with Gasteiger partial charge in [-0.05, 0) is 39.5 Å². The van der Waals surface area contributed by atoms with Crippen LogP contribution in [0.5, 0.6) is 0 Å². The van der Waals surface area contributed by atoms with Gasteiger partial charge >= 0.3 is 0 Å². The largest absolute Gasteiger partial charge is 0.432 e. The lowest BCUT2D eigenvalue weighted by Crippen LogP contribution is -2.35. The summed E-state index contributed by atoms with van der Waals surface area (Å²) >= 11 is 0. The molecule has 0 amide bonds. The van der Waals surface area contributed by atoms with Crippen molar-refractivity contribution in [1.82, 2.24) is 10.3 Å². The second-order valence-electron chi connectivity index (χ2n) is 6.76. The molecule has 1 aromatic heterocycles. The first-order chi connectivity index (χ1) is 8.94. The molecule has 2 rings (SSSR count). The third kappa shape index (κ3) is 4.53. The highest BCUT2D eigenvalue weighted by molar-refractivity contribution is 5.25. The second kappa shape index (κ2) is 5.95. The van der Waals surface area contributed by atoms with Crippen molar-refractivity contribution < 1.29 is 4.42 Å². The van der Waals surface area contributed by atoms with Crippen molar-refractivity contribution in [3.8, 4) is 0 Å². The Labute approximate surface area is 116 Å². The van der Waals surface area contributed by atoms with E-state index in [2.05, 4.69) is 43.0 Å². The quantitative estimate of drug-likeness (QED) is 0.887. The molecule has 1 N–H and O–H groups in total. The Morgan fingerprint density at radius 1 is 1.37 bits per heavy atom. The molecule has 1 heterocycles. The molecule has 108 valence electrons. The van der Waals surface area contributed by atoms with Gasteiger partial charge in [0.2, 0.25) is 0 Å². The zero-order valence-corrected chi connectivity index (χ0v) is 12.7. The van der Waals surface area contributed by atoms with E-state index in [0.717, 1.165) is 30.7 Å². The molecule has 0 aromatic carbocycles. The Bertz CT molecular complexity index is 388. The Morgan fingerprint density at radius 2 is 2.05 bits per heavy atom. The minimum absolute atomic E-state index is 0.106. The summed E-state index contributed by atoms with van der Waals surface area (Å²) in [5.74, 6) is 0.813. The van der Waals surface area contributed by atoms with Gasteiger partial charge in [-0.25, -0.2) is 0 Å². The van der Waals surface area contributed by atoms with Crippen LogP contribution >= 0.6 is 0 Å². The number of oxazole rings is 1. The maximum Gasteiger partial charge on any atom is 0.297 e. The SMILES string of the molecule is CN(CC1CCCC1)c1nc(CNC(C)(C)C)co1. The molecule has 1 saturated carbocycles. The first-order valence-corrected chi connectivity index (χ1v) is 7.34. The van der Waals surface area contributed by atoms with Crippen molar-refractivity contribution in [1.29, 1.82) is 0 Å². The van der Waals surface area contributed by atoms with E-state index >= 15 is 0 Å². The van der Waals surface area contributed by atoms with Gasteiger partial charge in [0, 0.05) is 25.7 Å². The van der Waals surface area contributed by atoms with Crippen LogP contribution in [0.4, 0.5) is 6.01 Å². The van der Waals surface area contributed by atoms with Crippen molar-refractivity contribution in [3.63, 3.8) is 0 Å². The lowest BCUT2D eigenvalue weighted by molar-refractivity contribution is 0.421. The monoisotopic (exact) mass is 265 g/mol. The summed E-state index contributed by atoms with van der Waals surface area (Å²) in [7, 11) is 2.07. The van der Waals surface area contributed by atoms with Crippen molar-refractivity contribution >= 4 is 6.01 Å². The van der Waals surface area contributed by atoms with Gasteiger partial charge in [0.15, 0.2) is 0 Å². The molecular weight excluding hydrogens is 238 g/mol. The summed E-state index contributed by atoms with van der Waals surface area (Å²) in [6, 6.07) is 0.748. The number of nitrogens with zero attached hydrogens (tertiary/aromatic N) is 2. The van der Waals surface area contributed by atoms with Crippen LogP contribution in [0.3, 0.4) is 0 Å². The maximum absolute atomic E-state index is 5.58. The summed E-state index contributed by atoms with van der Waals surface area (Å²) in [5.41, 5.74) is 1.08. The van der Waals surface area contributed by atoms with E-state index in [1.165, 1.54) is 25.7 Å². The standard InChI is InChI=1S/C15H27N3O/c1-15(2,3)16-9-13-11-19-14(17-13)18(4)10-12-7-5-6-8-12/h11-12,16H,5-10H2,1-4H3. The molecule has 1 aromatic rings. The summed E-state index contributed by atoms with van der Waals surface area (Å²) in [4.78, 5) is 6.70. The molecule has 4 nitrogen and oxygen atoms in total. The molecule has 1 aliphatic rings. The average molecular weight is 265 g/mol. The molecule has 0 atom stereocenters. The molecule has 1 fully saturated rings. The lowest BCUT2D eigenvalue weighted by atomic mass is 10.1. The van der Waals surface area contributed by atoms with Gasteiger partial charge in [0.05, 0.1) is 5.69 Å².